The Morgan fingerprint density at radius 1 is 1.56 bits per heavy atom. The monoisotopic (exact) mass is 217 g/mol. The average molecular weight is 217 g/mol. The van der Waals surface area contributed by atoms with Crippen LogP contribution in [0.2, 0.25) is 0 Å². The predicted octanol–water partition coefficient (Wildman–Crippen LogP) is 2.30. The summed E-state index contributed by atoms with van der Waals surface area (Å²) >= 11 is 0. The molecule has 3 rings (SSSR count). The first-order valence-corrected chi connectivity index (χ1v) is 5.83. The summed E-state index contributed by atoms with van der Waals surface area (Å²) in [6.07, 6.45) is 5.05. The molecule has 0 N–H and O–H groups in total. The van der Waals surface area contributed by atoms with Crippen LogP contribution in [0.15, 0.2) is 18.3 Å². The first kappa shape index (κ1) is 9.78. The van der Waals surface area contributed by atoms with Crippen molar-refractivity contribution in [3.63, 3.8) is 0 Å². The minimum absolute atomic E-state index is 0.134. The molecule has 2 aromatic rings. The van der Waals surface area contributed by atoms with Gasteiger partial charge in [-0.05, 0) is 25.0 Å². The molecular weight excluding hydrogens is 202 g/mol. The highest BCUT2D eigenvalue weighted by molar-refractivity contribution is 5.71. The first-order chi connectivity index (χ1) is 7.90. The lowest BCUT2D eigenvalue weighted by molar-refractivity contribution is 0.0572. The number of rotatable bonds is 2. The van der Waals surface area contributed by atoms with Crippen molar-refractivity contribution in [2.45, 2.75) is 32.4 Å². The van der Waals surface area contributed by atoms with Crippen molar-refractivity contribution < 1.29 is 4.74 Å². The number of nitrogens with zero attached hydrogens (tertiary/aromatic N) is 3. The number of aromatic nitrogens is 3. The highest BCUT2D eigenvalue weighted by Crippen LogP contribution is 2.28. The summed E-state index contributed by atoms with van der Waals surface area (Å²) in [7, 11) is 0. The number of pyridine rings is 1. The van der Waals surface area contributed by atoms with Crippen molar-refractivity contribution in [1.29, 1.82) is 0 Å². The second kappa shape index (κ2) is 3.87. The van der Waals surface area contributed by atoms with Crippen LogP contribution >= 0.6 is 0 Å². The van der Waals surface area contributed by atoms with Gasteiger partial charge in [0, 0.05) is 19.2 Å². The molecule has 1 unspecified atom stereocenters. The van der Waals surface area contributed by atoms with Gasteiger partial charge in [-0.1, -0.05) is 6.92 Å². The summed E-state index contributed by atoms with van der Waals surface area (Å²) in [6, 6.07) is 3.93. The Hall–Kier alpha value is -1.42. The van der Waals surface area contributed by atoms with Gasteiger partial charge < -0.3 is 4.74 Å². The van der Waals surface area contributed by atoms with E-state index in [2.05, 4.69) is 21.5 Å². The molecule has 4 nitrogen and oxygen atoms in total. The van der Waals surface area contributed by atoms with Crippen molar-refractivity contribution in [3.8, 4) is 0 Å². The van der Waals surface area contributed by atoms with Crippen LogP contribution in [0.1, 0.15) is 31.8 Å². The van der Waals surface area contributed by atoms with Gasteiger partial charge >= 0.3 is 0 Å². The van der Waals surface area contributed by atoms with Gasteiger partial charge in [-0.25, -0.2) is 9.97 Å². The van der Waals surface area contributed by atoms with E-state index in [4.69, 9.17) is 4.74 Å². The van der Waals surface area contributed by atoms with Gasteiger partial charge in [-0.3, -0.25) is 4.57 Å². The van der Waals surface area contributed by atoms with E-state index in [1.165, 1.54) is 0 Å². The van der Waals surface area contributed by atoms with E-state index in [-0.39, 0.29) is 6.23 Å². The molecule has 0 aromatic carbocycles. The summed E-state index contributed by atoms with van der Waals surface area (Å²) in [5, 5.41) is 0. The summed E-state index contributed by atoms with van der Waals surface area (Å²) < 4.78 is 7.89. The number of hydrogen-bond acceptors (Lipinski definition) is 3. The van der Waals surface area contributed by atoms with Gasteiger partial charge in [0.15, 0.2) is 5.65 Å². The molecule has 1 saturated heterocycles. The Morgan fingerprint density at radius 2 is 2.50 bits per heavy atom. The molecule has 0 aliphatic carbocycles. The minimum Gasteiger partial charge on any atom is -0.358 e. The van der Waals surface area contributed by atoms with Gasteiger partial charge in [0.2, 0.25) is 0 Å². The van der Waals surface area contributed by atoms with Crippen molar-refractivity contribution in [1.82, 2.24) is 14.5 Å². The Balaban J connectivity index is 2.18. The van der Waals surface area contributed by atoms with Crippen LogP contribution in [0.4, 0.5) is 0 Å². The summed E-state index contributed by atoms with van der Waals surface area (Å²) in [5.41, 5.74) is 1.92. The Labute approximate surface area is 94.3 Å². The van der Waals surface area contributed by atoms with E-state index in [1.54, 1.807) is 0 Å². The SMILES string of the molecule is CCc1nc2cccnc2n1C1CCCO1. The maximum atomic E-state index is 5.73. The molecule has 2 aromatic heterocycles. The van der Waals surface area contributed by atoms with E-state index < -0.39 is 0 Å². The maximum absolute atomic E-state index is 5.73. The highest BCUT2D eigenvalue weighted by Gasteiger charge is 2.22. The molecule has 16 heavy (non-hydrogen) atoms. The minimum atomic E-state index is 0.134. The summed E-state index contributed by atoms with van der Waals surface area (Å²) in [5.74, 6) is 1.07. The second-order valence-electron chi connectivity index (χ2n) is 4.07. The van der Waals surface area contributed by atoms with Crippen LogP contribution in [0.3, 0.4) is 0 Å². The summed E-state index contributed by atoms with van der Waals surface area (Å²) in [6.45, 7) is 2.97. The van der Waals surface area contributed by atoms with Crippen LogP contribution in [-0.2, 0) is 11.2 Å². The van der Waals surface area contributed by atoms with Crippen molar-refractivity contribution in [2.24, 2.45) is 0 Å². The lowest BCUT2D eigenvalue weighted by Gasteiger charge is -2.14. The zero-order valence-electron chi connectivity index (χ0n) is 9.39. The van der Waals surface area contributed by atoms with Crippen LogP contribution in [0, 0.1) is 0 Å². The van der Waals surface area contributed by atoms with E-state index in [1.807, 2.05) is 18.3 Å². The molecule has 0 radical (unpaired) electrons. The Bertz CT molecular complexity index is 500. The molecule has 4 heteroatoms. The summed E-state index contributed by atoms with van der Waals surface area (Å²) in [4.78, 5) is 9.01. The molecule has 1 fully saturated rings. The van der Waals surface area contributed by atoms with Crippen LogP contribution in [0.5, 0.6) is 0 Å². The zero-order valence-corrected chi connectivity index (χ0v) is 9.39. The third-order valence-corrected chi connectivity index (χ3v) is 3.03. The number of aryl methyl sites for hydroxylation is 1. The van der Waals surface area contributed by atoms with Crippen molar-refractivity contribution in [3.05, 3.63) is 24.2 Å². The fourth-order valence-corrected chi connectivity index (χ4v) is 2.29. The number of imidazole rings is 1. The molecule has 84 valence electrons. The molecular formula is C12H15N3O. The normalized spacial score (nSPS) is 20.7. The van der Waals surface area contributed by atoms with E-state index in [0.717, 1.165) is 42.9 Å². The molecule has 0 bridgehead atoms. The Morgan fingerprint density at radius 3 is 3.25 bits per heavy atom. The third-order valence-electron chi connectivity index (χ3n) is 3.03. The largest absolute Gasteiger partial charge is 0.358 e. The van der Waals surface area contributed by atoms with Gasteiger partial charge in [-0.15, -0.1) is 0 Å². The molecule has 0 saturated carbocycles. The molecule has 1 aliphatic heterocycles. The number of fused-ring (bicyclic) bond motifs is 1. The van der Waals surface area contributed by atoms with E-state index >= 15 is 0 Å². The van der Waals surface area contributed by atoms with Crippen molar-refractivity contribution in [2.75, 3.05) is 6.61 Å². The maximum Gasteiger partial charge on any atom is 0.162 e. The van der Waals surface area contributed by atoms with E-state index in [0.29, 0.717) is 0 Å². The van der Waals surface area contributed by atoms with E-state index in [9.17, 15) is 0 Å². The van der Waals surface area contributed by atoms with Crippen molar-refractivity contribution >= 4 is 11.2 Å². The number of hydrogen-bond donors (Lipinski definition) is 0. The van der Waals surface area contributed by atoms with Crippen LogP contribution in [0.25, 0.3) is 11.2 Å². The topological polar surface area (TPSA) is 39.9 Å². The van der Waals surface area contributed by atoms with Crippen LogP contribution < -0.4 is 0 Å². The smallest absolute Gasteiger partial charge is 0.162 e. The van der Waals surface area contributed by atoms with Crippen LogP contribution in [-0.4, -0.2) is 21.1 Å². The molecule has 1 aliphatic rings. The zero-order chi connectivity index (χ0) is 11.0. The van der Waals surface area contributed by atoms with Gasteiger partial charge in [0.1, 0.15) is 17.6 Å². The second-order valence-corrected chi connectivity index (χ2v) is 4.07. The van der Waals surface area contributed by atoms with Gasteiger partial charge in [-0.2, -0.15) is 0 Å². The molecule has 1 atom stereocenters. The molecule has 0 amide bonds. The quantitative estimate of drug-likeness (QED) is 0.775. The molecule has 3 heterocycles. The van der Waals surface area contributed by atoms with Gasteiger partial charge in [0.25, 0.3) is 0 Å². The molecule has 0 spiro atoms. The standard InChI is InChI=1S/C12H15N3O/c1-2-10-14-9-5-3-7-13-12(9)15(10)11-6-4-8-16-11/h3,5,7,11H,2,4,6,8H2,1H3. The number of ether oxygens (including phenoxy) is 1. The lowest BCUT2D eigenvalue weighted by atomic mass is 10.3. The predicted molar refractivity (Wildman–Crippen MR) is 61.1 cm³/mol. The fraction of sp³-hybridized carbons (Fsp3) is 0.500. The van der Waals surface area contributed by atoms with Gasteiger partial charge in [0.05, 0.1) is 0 Å². The Kier molecular flexibility index (Phi) is 2.36. The highest BCUT2D eigenvalue weighted by atomic mass is 16.5. The lowest BCUT2D eigenvalue weighted by Crippen LogP contribution is -2.11. The fourth-order valence-electron chi connectivity index (χ4n) is 2.29. The third kappa shape index (κ3) is 1.41. The first-order valence-electron chi connectivity index (χ1n) is 5.83. The average Bonchev–Trinajstić information content (AvgIpc) is 2.94.